The van der Waals surface area contributed by atoms with Crippen LogP contribution in [0.15, 0.2) is 53.7 Å². The summed E-state index contributed by atoms with van der Waals surface area (Å²) in [5.41, 5.74) is 1.35. The molecular weight excluding hydrogens is 715 g/mol. The SMILES string of the molecule is COc1ncc(-c2nc3c(n2CCCn2cc(CNC(=O)OC(C)(C)C)nn2)[C@H](c2ccc(Cl)cc2)N(c2cc(Cl)cn(C)c2=O)C3=O)c(OC)n1. The van der Waals surface area contributed by atoms with Gasteiger partial charge in [-0.25, -0.2) is 14.8 Å². The quantitative estimate of drug-likeness (QED) is 0.196. The van der Waals surface area contributed by atoms with Gasteiger partial charge in [-0.1, -0.05) is 40.5 Å². The van der Waals surface area contributed by atoms with E-state index in [1.54, 1.807) is 63.0 Å². The summed E-state index contributed by atoms with van der Waals surface area (Å²) in [6.45, 7) is 6.23. The molecule has 16 nitrogen and oxygen atoms in total. The smallest absolute Gasteiger partial charge is 0.407 e. The van der Waals surface area contributed by atoms with Gasteiger partial charge in [0.15, 0.2) is 5.69 Å². The molecule has 1 atom stereocenters. The number of methoxy groups -OCH3 is 2. The van der Waals surface area contributed by atoms with E-state index in [4.69, 9.17) is 42.4 Å². The number of anilines is 1. The molecule has 4 aromatic heterocycles. The lowest BCUT2D eigenvalue weighted by Crippen LogP contribution is -2.35. The number of fused-ring (bicyclic) bond motifs is 1. The van der Waals surface area contributed by atoms with Gasteiger partial charge in [-0.15, -0.1) is 5.10 Å². The number of alkyl carbamates (subject to hydrolysis) is 1. The Balaban J connectivity index is 1.40. The minimum absolute atomic E-state index is 0.0894. The number of pyridine rings is 1. The molecule has 0 bridgehead atoms. The van der Waals surface area contributed by atoms with E-state index in [-0.39, 0.29) is 34.8 Å². The maximum absolute atomic E-state index is 14.4. The molecule has 5 heterocycles. The molecule has 18 heteroatoms. The summed E-state index contributed by atoms with van der Waals surface area (Å²) < 4.78 is 21.0. The number of amides is 2. The van der Waals surface area contributed by atoms with Gasteiger partial charge in [0.25, 0.3) is 11.5 Å². The zero-order chi connectivity index (χ0) is 37.3. The van der Waals surface area contributed by atoms with Crippen molar-refractivity contribution in [2.75, 3.05) is 19.1 Å². The highest BCUT2D eigenvalue weighted by molar-refractivity contribution is 6.31. The zero-order valence-electron chi connectivity index (χ0n) is 29.3. The number of ether oxygens (including phenoxy) is 3. The van der Waals surface area contributed by atoms with Crippen molar-refractivity contribution in [2.45, 2.75) is 58.5 Å². The largest absolute Gasteiger partial charge is 0.480 e. The average Bonchev–Trinajstić information content (AvgIpc) is 3.79. The number of halogens is 2. The normalized spacial score (nSPS) is 14.0. The van der Waals surface area contributed by atoms with E-state index in [1.807, 2.05) is 4.57 Å². The first-order valence-corrected chi connectivity index (χ1v) is 16.9. The molecule has 0 unspecified atom stereocenters. The van der Waals surface area contributed by atoms with Crippen molar-refractivity contribution in [2.24, 2.45) is 7.05 Å². The summed E-state index contributed by atoms with van der Waals surface area (Å²) in [4.78, 5) is 55.0. The molecule has 0 fully saturated rings. The third-order valence-electron chi connectivity index (χ3n) is 8.04. The summed E-state index contributed by atoms with van der Waals surface area (Å²) >= 11 is 12.7. The van der Waals surface area contributed by atoms with Crippen molar-refractivity contribution in [3.05, 3.63) is 92.0 Å². The van der Waals surface area contributed by atoms with Crippen molar-refractivity contribution in [3.8, 4) is 23.3 Å². The highest BCUT2D eigenvalue weighted by Crippen LogP contribution is 2.44. The topological polar surface area (TPSA) is 173 Å². The summed E-state index contributed by atoms with van der Waals surface area (Å²) in [6.07, 6.45) is 4.67. The van der Waals surface area contributed by atoms with Gasteiger partial charge in [0.05, 0.1) is 43.2 Å². The fraction of sp³-hybridized carbons (Fsp3) is 0.353. The van der Waals surface area contributed by atoms with Crippen LogP contribution in [-0.4, -0.2) is 70.9 Å². The number of rotatable bonds is 11. The summed E-state index contributed by atoms with van der Waals surface area (Å²) in [6, 6.07) is 7.80. The predicted molar refractivity (Wildman–Crippen MR) is 191 cm³/mol. The Morgan fingerprint density at radius 3 is 2.44 bits per heavy atom. The Morgan fingerprint density at radius 2 is 1.75 bits per heavy atom. The number of nitrogens with zero attached hydrogens (tertiary/aromatic N) is 9. The number of carbonyl (C=O) groups is 2. The monoisotopic (exact) mass is 750 g/mol. The maximum atomic E-state index is 14.4. The Kier molecular flexibility index (Phi) is 10.2. The van der Waals surface area contributed by atoms with Crippen molar-refractivity contribution >= 4 is 40.9 Å². The van der Waals surface area contributed by atoms with Gasteiger partial charge < -0.3 is 28.7 Å². The average molecular weight is 752 g/mol. The third-order valence-corrected chi connectivity index (χ3v) is 8.50. The number of hydrogen-bond acceptors (Lipinski definition) is 11. The van der Waals surface area contributed by atoms with Crippen LogP contribution < -0.4 is 25.2 Å². The lowest BCUT2D eigenvalue weighted by molar-refractivity contribution is 0.0522. The third kappa shape index (κ3) is 7.43. The molecule has 0 saturated carbocycles. The van der Waals surface area contributed by atoms with Gasteiger partial charge >= 0.3 is 12.1 Å². The lowest BCUT2D eigenvalue weighted by atomic mass is 10.0. The van der Waals surface area contributed by atoms with Crippen molar-refractivity contribution in [1.29, 1.82) is 0 Å². The van der Waals surface area contributed by atoms with E-state index >= 15 is 0 Å². The number of aromatic nitrogens is 8. The Hall–Kier alpha value is -5.48. The molecule has 0 aliphatic carbocycles. The first-order chi connectivity index (χ1) is 24.8. The number of carbonyl (C=O) groups excluding carboxylic acids is 2. The number of imidazole rings is 1. The molecule has 52 heavy (non-hydrogen) atoms. The molecular formula is C34H36Cl2N10O6. The van der Waals surface area contributed by atoms with Crippen LogP contribution in [0.25, 0.3) is 11.4 Å². The van der Waals surface area contributed by atoms with E-state index in [0.717, 1.165) is 0 Å². The van der Waals surface area contributed by atoms with Gasteiger partial charge in [0, 0.05) is 37.6 Å². The van der Waals surface area contributed by atoms with Crippen LogP contribution in [0.4, 0.5) is 10.5 Å². The highest BCUT2D eigenvalue weighted by atomic mass is 35.5. The van der Waals surface area contributed by atoms with Gasteiger partial charge in [0.2, 0.25) is 5.88 Å². The molecule has 6 rings (SSSR count). The molecule has 1 aliphatic rings. The van der Waals surface area contributed by atoms with Crippen LogP contribution in [0.3, 0.4) is 0 Å². The first kappa shape index (κ1) is 36.3. The van der Waals surface area contributed by atoms with E-state index in [1.165, 1.54) is 42.1 Å². The summed E-state index contributed by atoms with van der Waals surface area (Å²) in [7, 11) is 4.47. The van der Waals surface area contributed by atoms with Crippen molar-refractivity contribution in [3.63, 3.8) is 0 Å². The first-order valence-electron chi connectivity index (χ1n) is 16.1. The molecule has 1 aliphatic heterocycles. The number of hydrogen-bond donors (Lipinski definition) is 1. The summed E-state index contributed by atoms with van der Waals surface area (Å²) in [5, 5.41) is 11.8. The number of benzene rings is 1. The van der Waals surface area contributed by atoms with Crippen LogP contribution in [0.2, 0.25) is 10.0 Å². The van der Waals surface area contributed by atoms with E-state index in [2.05, 4.69) is 25.6 Å². The molecule has 1 aromatic carbocycles. The number of aryl methyl sites for hydroxylation is 2. The van der Waals surface area contributed by atoms with Crippen LogP contribution in [0, 0.1) is 0 Å². The molecule has 0 spiro atoms. The molecule has 5 aromatic rings. The zero-order valence-corrected chi connectivity index (χ0v) is 30.8. The second-order valence-electron chi connectivity index (χ2n) is 12.9. The fourth-order valence-electron chi connectivity index (χ4n) is 5.87. The second kappa shape index (κ2) is 14.6. The Morgan fingerprint density at radius 1 is 1.00 bits per heavy atom. The van der Waals surface area contributed by atoms with Gasteiger partial charge in [0.1, 0.15) is 28.8 Å². The van der Waals surface area contributed by atoms with Crippen LogP contribution >= 0.6 is 23.2 Å². The molecule has 0 saturated heterocycles. The Bertz CT molecular complexity index is 2190. The minimum atomic E-state index is -0.797. The highest BCUT2D eigenvalue weighted by Gasteiger charge is 2.45. The van der Waals surface area contributed by atoms with Crippen molar-refractivity contribution in [1.82, 2.24) is 44.4 Å². The standard InChI is InChI=1S/C34H36Cl2N10O6/c1-34(2,3)52-33(49)38-15-22-18-44(42-41-22)12-7-13-45-27-25(39-28(45)23-16-37-32(51-6)40-29(23)50-5)31(48)46(24-14-21(36)17-43(4)30(24)47)26(27)19-8-10-20(35)11-9-19/h8-11,14,16-18,26H,7,12-13,15H2,1-6H3,(H,38,49)/t26-/m0/s1. The minimum Gasteiger partial charge on any atom is -0.480 e. The van der Waals surface area contributed by atoms with Gasteiger partial charge in [-0.05, 0) is 51.0 Å². The lowest BCUT2D eigenvalue weighted by Gasteiger charge is -2.27. The van der Waals surface area contributed by atoms with Crippen LogP contribution in [0.5, 0.6) is 11.9 Å². The molecule has 1 N–H and O–H groups in total. The summed E-state index contributed by atoms with van der Waals surface area (Å²) in [5.74, 6) is 0.0589. The van der Waals surface area contributed by atoms with Gasteiger partial charge in [-0.3, -0.25) is 19.2 Å². The fourth-order valence-corrected chi connectivity index (χ4v) is 6.24. The molecule has 272 valence electrons. The van der Waals surface area contributed by atoms with E-state index in [9.17, 15) is 14.4 Å². The van der Waals surface area contributed by atoms with E-state index in [0.29, 0.717) is 52.9 Å². The molecule has 2 amide bonds. The van der Waals surface area contributed by atoms with Gasteiger partial charge in [-0.2, -0.15) is 4.98 Å². The molecule has 0 radical (unpaired) electrons. The number of nitrogens with one attached hydrogen (secondary N) is 1. The maximum Gasteiger partial charge on any atom is 0.407 e. The second-order valence-corrected chi connectivity index (χ2v) is 13.7. The van der Waals surface area contributed by atoms with Crippen LogP contribution in [-0.2, 0) is 31.4 Å². The Labute approximate surface area is 308 Å². The van der Waals surface area contributed by atoms with Crippen molar-refractivity contribution < 1.29 is 23.8 Å². The van der Waals surface area contributed by atoms with E-state index < -0.39 is 29.2 Å². The van der Waals surface area contributed by atoms with Crippen LogP contribution in [0.1, 0.15) is 60.7 Å². The predicted octanol–water partition coefficient (Wildman–Crippen LogP) is 4.82.